The van der Waals surface area contributed by atoms with Gasteiger partial charge in [0.25, 0.3) is 0 Å². The van der Waals surface area contributed by atoms with Crippen molar-refractivity contribution in [2.75, 3.05) is 43.1 Å². The minimum Gasteiger partial charge on any atom is -0.302 e. The van der Waals surface area contributed by atoms with E-state index in [1.807, 2.05) is 31.4 Å². The number of likely N-dealkylation sites (N-methyl/N-ethyl adjacent to an activating group) is 1. The summed E-state index contributed by atoms with van der Waals surface area (Å²) in [6, 6.07) is 12.8. The minimum atomic E-state index is -3.54. The van der Waals surface area contributed by atoms with Crippen molar-refractivity contribution in [3.05, 3.63) is 48.0 Å². The number of carbonyl (C=O) groups excluding carboxylic acids is 1. The second-order valence-electron chi connectivity index (χ2n) is 7.76. The van der Waals surface area contributed by atoms with E-state index >= 15 is 0 Å². The van der Waals surface area contributed by atoms with Gasteiger partial charge in [0.15, 0.2) is 15.0 Å². The van der Waals surface area contributed by atoms with E-state index in [9.17, 15) is 13.2 Å². The van der Waals surface area contributed by atoms with Crippen LogP contribution in [-0.2, 0) is 14.6 Å². The number of sulfone groups is 1. The number of thiazole rings is 1. The average molecular weight is 506 g/mol. The maximum Gasteiger partial charge on any atom is 0.229 e. The van der Waals surface area contributed by atoms with Gasteiger partial charge < -0.3 is 4.90 Å². The Morgan fingerprint density at radius 2 is 1.76 bits per heavy atom. The summed E-state index contributed by atoms with van der Waals surface area (Å²) in [7, 11) is -3.54. The number of rotatable bonds is 11. The van der Waals surface area contributed by atoms with E-state index in [-0.39, 0.29) is 23.0 Å². The van der Waals surface area contributed by atoms with Gasteiger partial charge in [0, 0.05) is 24.4 Å². The molecule has 9 heteroatoms. The first-order valence-electron chi connectivity index (χ1n) is 11.0. The van der Waals surface area contributed by atoms with E-state index in [1.165, 1.54) is 11.3 Å². The van der Waals surface area contributed by atoms with Gasteiger partial charge in [0.05, 0.1) is 20.9 Å². The predicted molar refractivity (Wildman–Crippen MR) is 139 cm³/mol. The van der Waals surface area contributed by atoms with E-state index in [0.29, 0.717) is 18.2 Å². The van der Waals surface area contributed by atoms with Crippen LogP contribution in [0, 0.1) is 6.92 Å². The van der Waals surface area contributed by atoms with Crippen LogP contribution >= 0.6 is 23.1 Å². The highest BCUT2D eigenvalue weighted by Gasteiger charge is 2.24. The number of hydrogen-bond acceptors (Lipinski definition) is 7. The topological polar surface area (TPSA) is 70.6 Å². The maximum atomic E-state index is 13.3. The first-order valence-corrected chi connectivity index (χ1v) is 14.7. The number of fused-ring (bicyclic) bond motifs is 1. The highest BCUT2D eigenvalue weighted by atomic mass is 32.2. The molecule has 2 aromatic carbocycles. The van der Waals surface area contributed by atoms with Crippen LogP contribution < -0.4 is 4.90 Å². The molecule has 0 fully saturated rings. The number of hydrogen-bond donors (Lipinski definition) is 0. The molecule has 0 bridgehead atoms. The molecule has 6 nitrogen and oxygen atoms in total. The molecule has 0 aliphatic carbocycles. The minimum absolute atomic E-state index is 0.0836. The lowest BCUT2D eigenvalue weighted by Crippen LogP contribution is -2.39. The number of carbonyl (C=O) groups is 1. The van der Waals surface area contributed by atoms with Gasteiger partial charge in [0.2, 0.25) is 5.91 Å². The van der Waals surface area contributed by atoms with Crippen LogP contribution in [0.15, 0.2) is 52.3 Å². The molecule has 3 rings (SSSR count). The SMILES string of the molecule is CCN(CC)CCN(C(=O)CCS(=O)(=O)c1ccc(C)cc1)c1nc2c(SC)cccc2s1. The standard InChI is InChI=1S/C24H31N3O3S3/c1-5-26(6-2)15-16-27(24-25-23-20(31-4)8-7-9-21(23)32-24)22(28)14-17-33(29,30)19-12-10-18(3)11-13-19/h7-13H,5-6,14-17H2,1-4H3. The van der Waals surface area contributed by atoms with E-state index in [4.69, 9.17) is 4.98 Å². The van der Waals surface area contributed by atoms with Gasteiger partial charge in [-0.15, -0.1) is 11.8 Å². The van der Waals surface area contributed by atoms with Crippen molar-refractivity contribution in [2.24, 2.45) is 0 Å². The lowest BCUT2D eigenvalue weighted by atomic mass is 10.2. The molecule has 0 unspecified atom stereocenters. The Bertz CT molecular complexity index is 1190. The van der Waals surface area contributed by atoms with Crippen molar-refractivity contribution in [1.82, 2.24) is 9.88 Å². The van der Waals surface area contributed by atoms with Crippen LogP contribution in [0.2, 0.25) is 0 Å². The normalized spacial score (nSPS) is 11.9. The van der Waals surface area contributed by atoms with Crippen molar-refractivity contribution < 1.29 is 13.2 Å². The number of anilines is 1. The van der Waals surface area contributed by atoms with Crippen LogP contribution in [0.25, 0.3) is 10.2 Å². The molecule has 0 saturated carbocycles. The zero-order valence-electron chi connectivity index (χ0n) is 19.6. The van der Waals surface area contributed by atoms with Crippen LogP contribution in [0.5, 0.6) is 0 Å². The molecule has 0 aliphatic heterocycles. The molecular formula is C24H31N3O3S3. The Kier molecular flexibility index (Phi) is 8.92. The first kappa shape index (κ1) is 25.7. The van der Waals surface area contributed by atoms with Gasteiger partial charge in [-0.1, -0.05) is 48.9 Å². The highest BCUT2D eigenvalue weighted by molar-refractivity contribution is 7.98. The number of aromatic nitrogens is 1. The van der Waals surface area contributed by atoms with Crippen molar-refractivity contribution in [2.45, 2.75) is 37.0 Å². The maximum absolute atomic E-state index is 13.3. The van der Waals surface area contributed by atoms with Gasteiger partial charge in [0.1, 0.15) is 0 Å². The summed E-state index contributed by atoms with van der Waals surface area (Å²) in [6.45, 7) is 9.04. The monoisotopic (exact) mass is 505 g/mol. The fourth-order valence-electron chi connectivity index (χ4n) is 3.52. The molecule has 0 radical (unpaired) electrons. The molecule has 3 aromatic rings. The smallest absolute Gasteiger partial charge is 0.229 e. The Labute approximate surface area is 204 Å². The number of aryl methyl sites for hydroxylation is 1. The second kappa shape index (κ2) is 11.5. The number of thioether (sulfide) groups is 1. The van der Waals surface area contributed by atoms with Gasteiger partial charge >= 0.3 is 0 Å². The first-order chi connectivity index (χ1) is 15.8. The number of nitrogens with zero attached hydrogens (tertiary/aromatic N) is 3. The zero-order chi connectivity index (χ0) is 24.0. The summed E-state index contributed by atoms with van der Waals surface area (Å²) in [4.78, 5) is 23.3. The Hall–Kier alpha value is -1.94. The van der Waals surface area contributed by atoms with Crippen molar-refractivity contribution in [3.8, 4) is 0 Å². The molecule has 0 atom stereocenters. The Morgan fingerprint density at radius 1 is 1.06 bits per heavy atom. The second-order valence-corrected chi connectivity index (χ2v) is 11.7. The van der Waals surface area contributed by atoms with E-state index < -0.39 is 9.84 Å². The average Bonchev–Trinajstić information content (AvgIpc) is 3.24. The molecule has 178 valence electrons. The van der Waals surface area contributed by atoms with E-state index in [2.05, 4.69) is 18.7 Å². The van der Waals surface area contributed by atoms with Crippen LogP contribution in [-0.4, -0.2) is 62.4 Å². The zero-order valence-corrected chi connectivity index (χ0v) is 22.0. The van der Waals surface area contributed by atoms with Gasteiger partial charge in [-0.05, 0) is 50.5 Å². The van der Waals surface area contributed by atoms with E-state index in [0.717, 1.165) is 33.8 Å². The Morgan fingerprint density at radius 3 is 2.39 bits per heavy atom. The molecular weight excluding hydrogens is 474 g/mol. The molecule has 1 aromatic heterocycles. The molecule has 1 amide bonds. The summed E-state index contributed by atoms with van der Waals surface area (Å²) in [6.07, 6.45) is 1.92. The summed E-state index contributed by atoms with van der Waals surface area (Å²) < 4.78 is 26.6. The quantitative estimate of drug-likeness (QED) is 0.347. The Balaban J connectivity index is 1.84. The number of benzene rings is 2. The highest BCUT2D eigenvalue weighted by Crippen LogP contribution is 2.34. The van der Waals surface area contributed by atoms with Crippen LogP contribution in [0.4, 0.5) is 5.13 Å². The fourth-order valence-corrected chi connectivity index (χ4v) is 6.41. The summed E-state index contributed by atoms with van der Waals surface area (Å²) in [5.41, 5.74) is 1.88. The lowest BCUT2D eigenvalue weighted by Gasteiger charge is -2.24. The molecule has 0 aliphatic rings. The molecule has 1 heterocycles. The van der Waals surface area contributed by atoms with Crippen LogP contribution in [0.1, 0.15) is 25.8 Å². The molecule has 0 saturated heterocycles. The molecule has 0 spiro atoms. The van der Waals surface area contributed by atoms with E-state index in [1.54, 1.807) is 40.9 Å². The van der Waals surface area contributed by atoms with Crippen molar-refractivity contribution >= 4 is 54.2 Å². The number of para-hydroxylation sites is 1. The summed E-state index contributed by atoms with van der Waals surface area (Å²) in [5.74, 6) is -0.444. The van der Waals surface area contributed by atoms with Gasteiger partial charge in [-0.3, -0.25) is 9.69 Å². The van der Waals surface area contributed by atoms with Crippen molar-refractivity contribution in [1.29, 1.82) is 0 Å². The summed E-state index contributed by atoms with van der Waals surface area (Å²) >= 11 is 3.10. The van der Waals surface area contributed by atoms with Crippen molar-refractivity contribution in [3.63, 3.8) is 0 Å². The molecule has 0 N–H and O–H groups in total. The predicted octanol–water partition coefficient (Wildman–Crippen LogP) is 4.87. The number of amides is 1. The third-order valence-corrected chi connectivity index (χ3v) is 9.17. The fraction of sp³-hybridized carbons (Fsp3) is 0.417. The third-order valence-electron chi connectivity index (χ3n) is 5.62. The largest absolute Gasteiger partial charge is 0.302 e. The summed E-state index contributed by atoms with van der Waals surface area (Å²) in [5, 5.41) is 0.622. The lowest BCUT2D eigenvalue weighted by molar-refractivity contribution is -0.118. The third kappa shape index (κ3) is 6.35. The molecule has 33 heavy (non-hydrogen) atoms. The van der Waals surface area contributed by atoms with Crippen LogP contribution in [0.3, 0.4) is 0 Å². The van der Waals surface area contributed by atoms with Gasteiger partial charge in [-0.2, -0.15) is 0 Å². The van der Waals surface area contributed by atoms with Gasteiger partial charge in [-0.25, -0.2) is 13.4 Å².